The van der Waals surface area contributed by atoms with Crippen molar-refractivity contribution in [1.82, 2.24) is 15.0 Å². The molecule has 26 heavy (non-hydrogen) atoms. The topological polar surface area (TPSA) is 110 Å². The monoisotopic (exact) mass is 369 g/mol. The first-order chi connectivity index (χ1) is 12.5. The average molecular weight is 369 g/mol. The number of fused-ring (bicyclic) bond motifs is 1. The number of thiophene rings is 1. The molecule has 0 fully saturated rings. The molecule has 0 atom stereocenters. The number of nitriles is 1. The molecular formula is C17H15N5O3S. The number of amides is 1. The van der Waals surface area contributed by atoms with Crippen molar-refractivity contribution in [3.63, 3.8) is 0 Å². The number of anilines is 1. The van der Waals surface area contributed by atoms with Crippen molar-refractivity contribution in [1.29, 1.82) is 5.26 Å². The van der Waals surface area contributed by atoms with E-state index in [-0.39, 0.29) is 24.6 Å². The van der Waals surface area contributed by atoms with Gasteiger partial charge in [0.1, 0.15) is 28.0 Å². The first kappa shape index (κ1) is 17.6. The Balaban J connectivity index is 1.82. The number of benzene rings is 1. The van der Waals surface area contributed by atoms with Gasteiger partial charge in [-0.05, 0) is 31.5 Å². The lowest BCUT2D eigenvalue weighted by molar-refractivity contribution is -0.116. The van der Waals surface area contributed by atoms with E-state index in [9.17, 15) is 14.9 Å². The number of carbonyl (C=O) groups excluding carboxylic acids is 2. The van der Waals surface area contributed by atoms with Gasteiger partial charge >= 0.3 is 5.97 Å². The maximum absolute atomic E-state index is 12.4. The van der Waals surface area contributed by atoms with Gasteiger partial charge in [0.25, 0.3) is 0 Å². The third kappa shape index (κ3) is 3.27. The van der Waals surface area contributed by atoms with E-state index < -0.39 is 5.97 Å². The van der Waals surface area contributed by atoms with E-state index in [1.165, 1.54) is 4.68 Å². The summed E-state index contributed by atoms with van der Waals surface area (Å²) in [6.07, 6.45) is 0. The van der Waals surface area contributed by atoms with Crippen LogP contribution in [-0.2, 0) is 16.1 Å². The first-order valence-electron chi connectivity index (χ1n) is 7.83. The summed E-state index contributed by atoms with van der Waals surface area (Å²) in [6.45, 7) is 3.54. The van der Waals surface area contributed by atoms with E-state index in [1.807, 2.05) is 24.3 Å². The minimum Gasteiger partial charge on any atom is -0.462 e. The second-order valence-corrected chi connectivity index (χ2v) is 6.40. The predicted molar refractivity (Wildman–Crippen MR) is 95.9 cm³/mol. The minimum absolute atomic E-state index is 0.0585. The number of carbonyl (C=O) groups is 2. The van der Waals surface area contributed by atoms with Gasteiger partial charge in [-0.3, -0.25) is 4.79 Å². The lowest BCUT2D eigenvalue weighted by Crippen LogP contribution is -2.19. The lowest BCUT2D eigenvalue weighted by Gasteiger charge is -2.04. The zero-order valence-electron chi connectivity index (χ0n) is 14.1. The quantitative estimate of drug-likeness (QED) is 0.692. The normalized spacial score (nSPS) is 10.5. The van der Waals surface area contributed by atoms with Crippen molar-refractivity contribution in [2.75, 3.05) is 11.9 Å². The molecule has 1 aromatic carbocycles. The number of para-hydroxylation sites is 1. The zero-order chi connectivity index (χ0) is 18.7. The highest BCUT2D eigenvalue weighted by atomic mass is 32.1. The molecule has 0 aliphatic carbocycles. The summed E-state index contributed by atoms with van der Waals surface area (Å²) in [4.78, 5) is 24.7. The van der Waals surface area contributed by atoms with Crippen LogP contribution in [0.5, 0.6) is 0 Å². The zero-order valence-corrected chi connectivity index (χ0v) is 15.0. The Kier molecular flexibility index (Phi) is 4.95. The maximum Gasteiger partial charge on any atom is 0.348 e. The van der Waals surface area contributed by atoms with E-state index in [2.05, 4.69) is 15.6 Å². The van der Waals surface area contributed by atoms with Crippen LogP contribution in [0.4, 0.5) is 5.00 Å². The predicted octanol–water partition coefficient (Wildman–Crippen LogP) is 2.49. The van der Waals surface area contributed by atoms with Gasteiger partial charge in [0.05, 0.1) is 17.7 Å². The highest BCUT2D eigenvalue weighted by Crippen LogP contribution is 2.33. The molecule has 0 unspecified atom stereocenters. The van der Waals surface area contributed by atoms with Crippen molar-refractivity contribution < 1.29 is 14.3 Å². The van der Waals surface area contributed by atoms with E-state index in [1.54, 1.807) is 19.9 Å². The molecular weight excluding hydrogens is 354 g/mol. The summed E-state index contributed by atoms with van der Waals surface area (Å²) in [7, 11) is 0. The molecule has 132 valence electrons. The Bertz CT molecular complexity index is 1030. The first-order valence-corrected chi connectivity index (χ1v) is 8.65. The molecule has 0 saturated heterocycles. The average Bonchev–Trinajstić information content (AvgIpc) is 3.16. The number of nitrogens with one attached hydrogen (secondary N) is 1. The van der Waals surface area contributed by atoms with Crippen molar-refractivity contribution >= 4 is 39.2 Å². The fourth-order valence-corrected chi connectivity index (χ4v) is 3.53. The number of esters is 1. The van der Waals surface area contributed by atoms with E-state index in [0.29, 0.717) is 21.0 Å². The molecule has 0 aliphatic heterocycles. The number of nitrogens with zero attached hydrogens (tertiary/aromatic N) is 4. The van der Waals surface area contributed by atoms with Crippen molar-refractivity contribution in [3.05, 3.63) is 40.3 Å². The second kappa shape index (κ2) is 7.33. The van der Waals surface area contributed by atoms with Gasteiger partial charge in [0.2, 0.25) is 5.91 Å². The fourth-order valence-electron chi connectivity index (χ4n) is 2.46. The van der Waals surface area contributed by atoms with Crippen molar-refractivity contribution in [2.24, 2.45) is 0 Å². The Morgan fingerprint density at radius 3 is 2.88 bits per heavy atom. The summed E-state index contributed by atoms with van der Waals surface area (Å²) >= 11 is 1.03. The molecule has 2 aromatic heterocycles. The highest BCUT2D eigenvalue weighted by molar-refractivity contribution is 7.18. The van der Waals surface area contributed by atoms with Crippen molar-refractivity contribution in [3.8, 4) is 6.07 Å². The van der Waals surface area contributed by atoms with Gasteiger partial charge in [-0.25, -0.2) is 9.48 Å². The molecule has 3 aromatic rings. The number of aromatic nitrogens is 3. The van der Waals surface area contributed by atoms with Crippen LogP contribution in [0.1, 0.15) is 27.7 Å². The van der Waals surface area contributed by atoms with Crippen LogP contribution in [0.3, 0.4) is 0 Å². The lowest BCUT2D eigenvalue weighted by atomic mass is 10.2. The summed E-state index contributed by atoms with van der Waals surface area (Å²) in [6, 6.07) is 9.32. The number of rotatable bonds is 5. The van der Waals surface area contributed by atoms with Gasteiger partial charge in [-0.2, -0.15) is 5.26 Å². The van der Waals surface area contributed by atoms with Crippen LogP contribution < -0.4 is 5.32 Å². The number of hydrogen-bond donors (Lipinski definition) is 1. The van der Waals surface area contributed by atoms with E-state index in [0.717, 1.165) is 16.9 Å². The fraction of sp³-hybridized carbons (Fsp3) is 0.235. The van der Waals surface area contributed by atoms with Gasteiger partial charge < -0.3 is 10.1 Å². The largest absolute Gasteiger partial charge is 0.462 e. The SMILES string of the molecule is CCOC(=O)c1sc(NC(=O)Cn2nnc3ccccc32)c(C#N)c1C. The third-order valence-corrected chi connectivity index (χ3v) is 4.87. The molecule has 0 radical (unpaired) electrons. The standard InChI is InChI=1S/C17H15N5O3S/c1-3-25-17(24)15-10(2)11(8-18)16(26-15)19-14(23)9-22-13-7-5-4-6-12(13)20-21-22/h4-7H,3,9H2,1-2H3,(H,19,23). The Hall–Kier alpha value is -3.25. The van der Waals surface area contributed by atoms with Crippen molar-refractivity contribution in [2.45, 2.75) is 20.4 Å². The summed E-state index contributed by atoms with van der Waals surface area (Å²) in [5.41, 5.74) is 2.18. The van der Waals surface area contributed by atoms with Crippen LogP contribution in [0.2, 0.25) is 0 Å². The maximum atomic E-state index is 12.4. The van der Waals surface area contributed by atoms with E-state index >= 15 is 0 Å². The van der Waals surface area contributed by atoms with E-state index in [4.69, 9.17) is 4.74 Å². The Labute approximate surface area is 153 Å². The molecule has 2 heterocycles. The van der Waals surface area contributed by atoms with Crippen LogP contribution in [0.25, 0.3) is 11.0 Å². The minimum atomic E-state index is -0.505. The van der Waals surface area contributed by atoms with Gasteiger partial charge in [0, 0.05) is 0 Å². The summed E-state index contributed by atoms with van der Waals surface area (Å²) in [5, 5.41) is 20.3. The Morgan fingerprint density at radius 1 is 1.38 bits per heavy atom. The molecule has 0 bridgehead atoms. The molecule has 1 amide bonds. The van der Waals surface area contributed by atoms with Gasteiger partial charge in [0.15, 0.2) is 0 Å². The summed E-state index contributed by atoms with van der Waals surface area (Å²) in [5.74, 6) is -0.872. The molecule has 1 N–H and O–H groups in total. The molecule has 8 nitrogen and oxygen atoms in total. The van der Waals surface area contributed by atoms with Gasteiger partial charge in [-0.1, -0.05) is 17.3 Å². The third-order valence-electron chi connectivity index (χ3n) is 3.69. The highest BCUT2D eigenvalue weighted by Gasteiger charge is 2.22. The second-order valence-electron chi connectivity index (χ2n) is 5.38. The molecule has 9 heteroatoms. The van der Waals surface area contributed by atoms with Gasteiger partial charge in [-0.15, -0.1) is 16.4 Å². The summed E-state index contributed by atoms with van der Waals surface area (Å²) < 4.78 is 6.46. The van der Waals surface area contributed by atoms with Crippen LogP contribution in [-0.4, -0.2) is 33.5 Å². The Morgan fingerprint density at radius 2 is 2.15 bits per heavy atom. The molecule has 0 spiro atoms. The molecule has 0 saturated carbocycles. The number of hydrogen-bond acceptors (Lipinski definition) is 7. The van der Waals surface area contributed by atoms with Crippen LogP contribution >= 0.6 is 11.3 Å². The molecule has 0 aliphatic rings. The smallest absolute Gasteiger partial charge is 0.348 e. The number of ether oxygens (including phenoxy) is 1. The van der Waals surface area contributed by atoms with Crippen LogP contribution in [0, 0.1) is 18.3 Å². The van der Waals surface area contributed by atoms with Crippen LogP contribution in [0.15, 0.2) is 24.3 Å². The molecule has 3 rings (SSSR count).